The Hall–Kier alpha value is -1.10. The van der Waals surface area contributed by atoms with Crippen LogP contribution in [0.3, 0.4) is 0 Å². The van der Waals surface area contributed by atoms with E-state index in [0.717, 1.165) is 0 Å². The van der Waals surface area contributed by atoms with Gasteiger partial charge in [-0.3, -0.25) is 0 Å². The molecule has 0 aromatic carbocycles. The molecule has 8 aliphatic heterocycles. The third kappa shape index (κ3) is 1.12. The lowest BCUT2D eigenvalue weighted by Gasteiger charge is -2.46. The van der Waals surface area contributed by atoms with Crippen molar-refractivity contribution in [2.75, 3.05) is 5.73 Å². The Balaban J connectivity index is 1.90. The average molecular weight is 323 g/mol. The van der Waals surface area contributed by atoms with Crippen LogP contribution in [0.15, 0.2) is 0 Å². The molecule has 14 heteroatoms. The summed E-state index contributed by atoms with van der Waals surface area (Å²) in [7, 11) is -8.23. The van der Waals surface area contributed by atoms with Crippen LogP contribution in [0.2, 0.25) is 0 Å². The normalized spacial score (nSPS) is 50.0. The maximum absolute atomic E-state index is 12.0. The molecular weight excluding hydrogens is 320 g/mol. The average Bonchev–Trinajstić information content (AvgIpc) is 2.29. The van der Waals surface area contributed by atoms with Crippen LogP contribution >= 0.6 is 15.6 Å². The van der Waals surface area contributed by atoms with Crippen LogP contribution in [0, 0.1) is 0 Å². The van der Waals surface area contributed by atoms with E-state index in [9.17, 15) is 14.2 Å². The Labute approximate surface area is 108 Å². The SMILES string of the molecule is Nc1nc2nc3c1C1(O)OP(=O)(O1)OC21OP(=O)(O3)O1. The number of nitrogens with two attached hydrogens (primary N) is 1. The lowest BCUT2D eigenvalue weighted by Crippen LogP contribution is -2.47. The van der Waals surface area contributed by atoms with Gasteiger partial charge in [0.25, 0.3) is 0 Å². The standard InChI is InChI=1S/C6H3N3O9P2/c7-2-1-3-9-4(8-2)6(16-19(11,13-3)17-6)18-20(12)14-5(1,10)15-20/h10H,(H2,7,8,9). The molecule has 0 aliphatic carbocycles. The van der Waals surface area contributed by atoms with Crippen LogP contribution in [-0.2, 0) is 43.7 Å². The molecule has 2 saturated heterocycles. The molecule has 0 unspecified atom stereocenters. The fourth-order valence-electron chi connectivity index (χ4n) is 2.14. The highest BCUT2D eigenvalue weighted by molar-refractivity contribution is 7.51. The molecule has 0 saturated carbocycles. The summed E-state index contributed by atoms with van der Waals surface area (Å²) >= 11 is 0. The van der Waals surface area contributed by atoms with E-state index in [1.165, 1.54) is 0 Å². The van der Waals surface area contributed by atoms with Crippen molar-refractivity contribution in [3.05, 3.63) is 11.4 Å². The zero-order valence-corrected chi connectivity index (χ0v) is 10.9. The third-order valence-corrected chi connectivity index (χ3v) is 5.59. The summed E-state index contributed by atoms with van der Waals surface area (Å²) in [6.07, 6.45) is 0. The van der Waals surface area contributed by atoms with E-state index in [0.29, 0.717) is 0 Å². The van der Waals surface area contributed by atoms with Gasteiger partial charge in [0.1, 0.15) is 11.4 Å². The van der Waals surface area contributed by atoms with E-state index in [1.54, 1.807) is 0 Å². The van der Waals surface area contributed by atoms with Crippen LogP contribution in [0.1, 0.15) is 11.4 Å². The zero-order valence-electron chi connectivity index (χ0n) is 9.08. The first-order valence-electron chi connectivity index (χ1n) is 5.09. The van der Waals surface area contributed by atoms with Crippen molar-refractivity contribution in [1.29, 1.82) is 0 Å². The van der Waals surface area contributed by atoms with Crippen molar-refractivity contribution in [3.8, 4) is 5.88 Å². The summed E-state index contributed by atoms with van der Waals surface area (Å²) in [6.45, 7) is 0. The number of nitrogens with zero attached hydrogens (tertiary/aromatic N) is 2. The first kappa shape index (κ1) is 11.5. The number of aromatic nitrogens is 2. The predicted molar refractivity (Wildman–Crippen MR) is 53.3 cm³/mol. The number of anilines is 1. The van der Waals surface area contributed by atoms with E-state index < -0.39 is 39.0 Å². The van der Waals surface area contributed by atoms with Crippen molar-refractivity contribution in [2.45, 2.75) is 11.9 Å². The summed E-state index contributed by atoms with van der Waals surface area (Å²) in [5.41, 5.74) is 5.24. The molecule has 0 radical (unpaired) electrons. The molecule has 106 valence electrons. The minimum absolute atomic E-state index is 0.323. The smallest absolute Gasteiger partial charge is 0.384 e. The van der Waals surface area contributed by atoms with Crippen molar-refractivity contribution < 1.29 is 41.4 Å². The van der Waals surface area contributed by atoms with Crippen LogP contribution in [-0.4, -0.2) is 15.1 Å². The molecule has 3 N–H and O–H groups in total. The fourth-order valence-corrected chi connectivity index (χ4v) is 4.85. The Morgan fingerprint density at radius 1 is 1.05 bits per heavy atom. The van der Waals surface area contributed by atoms with Gasteiger partial charge in [-0.05, 0) is 0 Å². The van der Waals surface area contributed by atoms with E-state index >= 15 is 0 Å². The van der Waals surface area contributed by atoms with Gasteiger partial charge in [0.15, 0.2) is 0 Å². The molecule has 7 bridgehead atoms. The highest BCUT2D eigenvalue weighted by atomic mass is 31.2. The van der Waals surface area contributed by atoms with Gasteiger partial charge in [-0.15, -0.1) is 0 Å². The van der Waals surface area contributed by atoms with Gasteiger partial charge in [0.2, 0.25) is 11.7 Å². The van der Waals surface area contributed by atoms with E-state index in [-0.39, 0.29) is 11.6 Å². The molecule has 0 amide bonds. The monoisotopic (exact) mass is 323 g/mol. The molecule has 8 aliphatic rings. The second kappa shape index (κ2) is 2.78. The second-order valence-corrected chi connectivity index (χ2v) is 7.08. The van der Waals surface area contributed by atoms with Crippen LogP contribution in [0.25, 0.3) is 0 Å². The zero-order chi connectivity index (χ0) is 14.0. The Morgan fingerprint density at radius 3 is 2.40 bits per heavy atom. The Kier molecular flexibility index (Phi) is 1.60. The number of hydrogen-bond acceptors (Lipinski definition) is 12. The first-order chi connectivity index (χ1) is 9.25. The minimum Gasteiger partial charge on any atom is -0.384 e. The predicted octanol–water partition coefficient (Wildman–Crippen LogP) is 0.00410. The third-order valence-electron chi connectivity index (χ3n) is 2.86. The molecule has 9 heterocycles. The van der Waals surface area contributed by atoms with Gasteiger partial charge in [-0.1, -0.05) is 0 Å². The van der Waals surface area contributed by atoms with Crippen LogP contribution in [0.5, 0.6) is 5.88 Å². The summed E-state index contributed by atoms with van der Waals surface area (Å²) in [6, 6.07) is 0. The maximum atomic E-state index is 12.0. The quantitative estimate of drug-likeness (QED) is 0.615. The van der Waals surface area contributed by atoms with E-state index in [4.69, 9.17) is 32.9 Å². The number of phosphoric ester groups is 2. The Morgan fingerprint density at radius 2 is 1.70 bits per heavy atom. The number of nitrogen functional groups attached to an aromatic ring is 1. The van der Waals surface area contributed by atoms with Crippen molar-refractivity contribution in [2.24, 2.45) is 0 Å². The number of hydrogen-bond donors (Lipinski definition) is 2. The van der Waals surface area contributed by atoms with Gasteiger partial charge in [-0.2, -0.15) is 4.98 Å². The lowest BCUT2D eigenvalue weighted by molar-refractivity contribution is -0.402. The maximum Gasteiger partial charge on any atom is 0.540 e. The largest absolute Gasteiger partial charge is 0.540 e. The minimum atomic E-state index is -4.21. The Bertz CT molecular complexity index is 774. The van der Waals surface area contributed by atoms with Crippen LogP contribution in [0.4, 0.5) is 5.82 Å². The fraction of sp³-hybridized carbons (Fsp3) is 0.333. The topological polar surface area (TPSA) is 162 Å². The van der Waals surface area contributed by atoms with Gasteiger partial charge in [0, 0.05) is 0 Å². The van der Waals surface area contributed by atoms with E-state index in [2.05, 4.69) is 9.97 Å². The molecule has 12 nitrogen and oxygen atoms in total. The highest BCUT2D eigenvalue weighted by Gasteiger charge is 2.75. The molecule has 2 fully saturated rings. The summed E-state index contributed by atoms with van der Waals surface area (Å²) in [5.74, 6) is -5.90. The molecule has 0 atom stereocenters. The van der Waals surface area contributed by atoms with Crippen molar-refractivity contribution >= 4 is 21.5 Å². The summed E-state index contributed by atoms with van der Waals surface area (Å²) in [5, 5.41) is 10.0. The van der Waals surface area contributed by atoms with Gasteiger partial charge in [-0.25, -0.2) is 36.7 Å². The number of aliphatic hydroxyl groups is 1. The molecule has 9 rings (SSSR count). The van der Waals surface area contributed by atoms with Gasteiger partial charge >= 0.3 is 27.6 Å². The first-order valence-corrected chi connectivity index (χ1v) is 8.01. The molecule has 1 aromatic rings. The second-order valence-electron chi connectivity index (χ2n) is 4.19. The van der Waals surface area contributed by atoms with Crippen molar-refractivity contribution in [3.63, 3.8) is 0 Å². The number of phosphoric acid groups is 2. The molecule has 1 aromatic heterocycles. The lowest BCUT2D eigenvalue weighted by atomic mass is 10.2. The highest BCUT2D eigenvalue weighted by Crippen LogP contribution is 2.80. The summed E-state index contributed by atoms with van der Waals surface area (Å²) < 4.78 is 53.0. The van der Waals surface area contributed by atoms with Crippen molar-refractivity contribution in [1.82, 2.24) is 9.97 Å². The number of rotatable bonds is 0. The van der Waals surface area contributed by atoms with E-state index in [1.807, 2.05) is 0 Å². The summed E-state index contributed by atoms with van der Waals surface area (Å²) in [4.78, 5) is 7.58. The molecule has 20 heavy (non-hydrogen) atoms. The molecule has 1 spiro atoms. The van der Waals surface area contributed by atoms with Gasteiger partial charge < -0.3 is 15.4 Å². The molecular formula is C6H3N3O9P2. The van der Waals surface area contributed by atoms with Crippen LogP contribution < -0.4 is 10.3 Å². The van der Waals surface area contributed by atoms with Gasteiger partial charge in [0.05, 0.1) is 0 Å².